The maximum absolute atomic E-state index is 14.2. The van der Waals surface area contributed by atoms with E-state index in [1.54, 1.807) is 0 Å². The smallest absolute Gasteiger partial charge is 0.281 e. The molecule has 1 fully saturated rings. The van der Waals surface area contributed by atoms with E-state index >= 15 is 0 Å². The minimum Gasteiger partial charge on any atom is -0.474 e. The van der Waals surface area contributed by atoms with Crippen LogP contribution in [0.1, 0.15) is 51.8 Å². The van der Waals surface area contributed by atoms with E-state index < -0.39 is 30.1 Å². The van der Waals surface area contributed by atoms with Crippen LogP contribution >= 0.6 is 22.9 Å². The highest BCUT2D eigenvalue weighted by atomic mass is 35.5. The number of likely N-dealkylation sites (tertiary alicyclic amines) is 1. The molecule has 0 saturated carbocycles. The number of hydrogen-bond acceptors (Lipinski definition) is 7. The first-order valence-electron chi connectivity index (χ1n) is 11.1. The molecular weight excluding hydrogens is 522 g/mol. The van der Waals surface area contributed by atoms with Crippen LogP contribution in [0, 0.1) is 18.7 Å². The molecule has 1 aliphatic rings. The standard InChI is InChI=1S/C23H22ClF4N5O2S/c1-12-21(28)30-10-31-23(12)35-13-5-7-33(8-6-13)16(19-18(20(26)27)32-11-36-19)9-29-22(34)17-14(24)3-2-4-15(17)25/h2-4,10-11,13,16,20H,5-9H2,1H3,(H,29,34). The van der Waals surface area contributed by atoms with Crippen LogP contribution in [0.3, 0.4) is 0 Å². The number of thiazole rings is 1. The Hall–Kier alpha value is -2.83. The van der Waals surface area contributed by atoms with Gasteiger partial charge in [-0.15, -0.1) is 11.3 Å². The lowest BCUT2D eigenvalue weighted by atomic mass is 10.0. The predicted molar refractivity (Wildman–Crippen MR) is 126 cm³/mol. The van der Waals surface area contributed by atoms with E-state index in [4.69, 9.17) is 16.3 Å². The number of benzene rings is 1. The Morgan fingerprint density at radius 2 is 2.00 bits per heavy atom. The maximum atomic E-state index is 14.2. The van der Waals surface area contributed by atoms with Crippen molar-refractivity contribution in [3.63, 3.8) is 0 Å². The number of piperidine rings is 1. The quantitative estimate of drug-likeness (QED) is 0.314. The monoisotopic (exact) mass is 543 g/mol. The Bertz CT molecular complexity index is 1200. The normalized spacial score (nSPS) is 15.8. The van der Waals surface area contributed by atoms with Crippen molar-refractivity contribution in [1.82, 2.24) is 25.2 Å². The number of carbonyl (C=O) groups excluding carboxylic acids is 1. The largest absolute Gasteiger partial charge is 0.474 e. The van der Waals surface area contributed by atoms with Gasteiger partial charge in [0.1, 0.15) is 23.9 Å². The van der Waals surface area contributed by atoms with Gasteiger partial charge in [-0.2, -0.15) is 4.39 Å². The number of amides is 1. The van der Waals surface area contributed by atoms with Crippen LogP contribution in [0.25, 0.3) is 0 Å². The third kappa shape index (κ3) is 5.76. The minimum atomic E-state index is -2.79. The van der Waals surface area contributed by atoms with Gasteiger partial charge in [0, 0.05) is 19.6 Å². The van der Waals surface area contributed by atoms with Crippen molar-refractivity contribution < 1.29 is 27.1 Å². The van der Waals surface area contributed by atoms with Gasteiger partial charge in [0.2, 0.25) is 11.8 Å². The molecule has 0 bridgehead atoms. The third-order valence-electron chi connectivity index (χ3n) is 5.95. The number of nitrogens with zero attached hydrogens (tertiary/aromatic N) is 4. The van der Waals surface area contributed by atoms with Crippen molar-refractivity contribution in [2.75, 3.05) is 19.6 Å². The maximum Gasteiger partial charge on any atom is 0.281 e. The highest BCUT2D eigenvalue weighted by Gasteiger charge is 2.32. The fourth-order valence-electron chi connectivity index (χ4n) is 4.05. The first-order chi connectivity index (χ1) is 17.3. The van der Waals surface area contributed by atoms with Crippen LogP contribution in [-0.4, -0.2) is 51.5 Å². The van der Waals surface area contributed by atoms with E-state index in [9.17, 15) is 22.4 Å². The lowest BCUT2D eigenvalue weighted by Crippen LogP contribution is -2.44. The van der Waals surface area contributed by atoms with Crippen molar-refractivity contribution in [2.45, 2.75) is 38.3 Å². The van der Waals surface area contributed by atoms with Gasteiger partial charge in [-0.1, -0.05) is 17.7 Å². The van der Waals surface area contributed by atoms with Crippen LogP contribution in [0.4, 0.5) is 17.6 Å². The van der Waals surface area contributed by atoms with E-state index in [2.05, 4.69) is 20.3 Å². The number of ether oxygens (including phenoxy) is 1. The van der Waals surface area contributed by atoms with E-state index in [-0.39, 0.29) is 40.4 Å². The topological polar surface area (TPSA) is 80.2 Å². The van der Waals surface area contributed by atoms with Crippen molar-refractivity contribution in [3.8, 4) is 5.88 Å². The molecule has 1 saturated heterocycles. The van der Waals surface area contributed by atoms with Gasteiger partial charge in [-0.05, 0) is 31.9 Å². The molecule has 1 N–H and O–H groups in total. The molecule has 192 valence electrons. The van der Waals surface area contributed by atoms with Gasteiger partial charge in [0.05, 0.1) is 32.6 Å². The van der Waals surface area contributed by atoms with Crippen LogP contribution in [0.15, 0.2) is 30.0 Å². The van der Waals surface area contributed by atoms with Crippen LogP contribution in [-0.2, 0) is 0 Å². The molecule has 3 heterocycles. The number of carbonyl (C=O) groups is 1. The molecule has 1 unspecified atom stereocenters. The molecule has 3 aromatic rings. The van der Waals surface area contributed by atoms with Gasteiger partial charge < -0.3 is 10.1 Å². The summed E-state index contributed by atoms with van der Waals surface area (Å²) in [4.78, 5) is 26.2. The molecule has 0 spiro atoms. The summed E-state index contributed by atoms with van der Waals surface area (Å²) in [6.07, 6.45) is -0.947. The van der Waals surface area contributed by atoms with Crippen LogP contribution in [0.2, 0.25) is 5.02 Å². The zero-order valence-corrected chi connectivity index (χ0v) is 20.6. The lowest BCUT2D eigenvalue weighted by molar-refractivity contribution is 0.0674. The van der Waals surface area contributed by atoms with E-state index in [0.29, 0.717) is 30.8 Å². The predicted octanol–water partition coefficient (Wildman–Crippen LogP) is 5.13. The Kier molecular flexibility index (Phi) is 8.37. The van der Waals surface area contributed by atoms with Gasteiger partial charge in [-0.25, -0.2) is 28.1 Å². The number of hydrogen-bond donors (Lipinski definition) is 1. The van der Waals surface area contributed by atoms with Crippen LogP contribution in [0.5, 0.6) is 5.88 Å². The summed E-state index contributed by atoms with van der Waals surface area (Å²) in [5.41, 5.74) is 0.879. The van der Waals surface area contributed by atoms with Gasteiger partial charge >= 0.3 is 0 Å². The molecule has 0 aliphatic carbocycles. The minimum absolute atomic E-state index is 0.0514. The number of rotatable bonds is 8. The number of aromatic nitrogens is 3. The van der Waals surface area contributed by atoms with E-state index in [0.717, 1.165) is 23.7 Å². The van der Waals surface area contributed by atoms with Gasteiger partial charge in [0.15, 0.2) is 0 Å². The van der Waals surface area contributed by atoms with E-state index in [1.165, 1.54) is 24.6 Å². The second-order valence-electron chi connectivity index (χ2n) is 8.17. The molecule has 1 aliphatic heterocycles. The van der Waals surface area contributed by atoms with Gasteiger partial charge in [-0.3, -0.25) is 9.69 Å². The molecule has 2 aromatic heterocycles. The fourth-order valence-corrected chi connectivity index (χ4v) is 5.23. The molecular formula is C23H22ClF4N5O2S. The van der Waals surface area contributed by atoms with Crippen molar-refractivity contribution >= 4 is 28.8 Å². The summed E-state index contributed by atoms with van der Waals surface area (Å²) in [5.74, 6) is -2.02. The summed E-state index contributed by atoms with van der Waals surface area (Å²) >= 11 is 7.06. The Morgan fingerprint density at radius 3 is 2.69 bits per heavy atom. The molecule has 13 heteroatoms. The number of nitrogens with one attached hydrogen (secondary N) is 1. The molecule has 1 atom stereocenters. The summed E-state index contributed by atoms with van der Waals surface area (Å²) < 4.78 is 61.0. The molecule has 0 radical (unpaired) electrons. The summed E-state index contributed by atoms with van der Waals surface area (Å²) in [7, 11) is 0. The van der Waals surface area contributed by atoms with E-state index in [1.807, 2.05) is 4.90 Å². The zero-order valence-electron chi connectivity index (χ0n) is 19.1. The molecule has 36 heavy (non-hydrogen) atoms. The third-order valence-corrected chi connectivity index (χ3v) is 7.21. The van der Waals surface area contributed by atoms with Crippen molar-refractivity contribution in [1.29, 1.82) is 0 Å². The highest BCUT2D eigenvalue weighted by molar-refractivity contribution is 7.09. The first kappa shape index (κ1) is 26.2. The summed E-state index contributed by atoms with van der Waals surface area (Å²) in [5, 5.41) is 2.58. The Morgan fingerprint density at radius 1 is 1.25 bits per heavy atom. The zero-order chi connectivity index (χ0) is 25.8. The second-order valence-corrected chi connectivity index (χ2v) is 9.47. The average Bonchev–Trinajstić information content (AvgIpc) is 3.33. The highest BCUT2D eigenvalue weighted by Crippen LogP contribution is 2.35. The van der Waals surface area contributed by atoms with Crippen molar-refractivity contribution in [2.24, 2.45) is 0 Å². The molecule has 1 amide bonds. The summed E-state index contributed by atoms with van der Waals surface area (Å²) in [6, 6.07) is 3.26. The lowest BCUT2D eigenvalue weighted by Gasteiger charge is -2.37. The van der Waals surface area contributed by atoms with Gasteiger partial charge in [0.25, 0.3) is 12.3 Å². The Balaban J connectivity index is 1.48. The Labute approximate surface area is 213 Å². The fraction of sp³-hybridized carbons (Fsp3) is 0.391. The number of halogens is 5. The average molecular weight is 544 g/mol. The second kappa shape index (κ2) is 11.5. The van der Waals surface area contributed by atoms with Crippen LogP contribution < -0.4 is 10.1 Å². The number of alkyl halides is 2. The van der Waals surface area contributed by atoms with Crippen molar-refractivity contribution in [3.05, 3.63) is 68.5 Å². The first-order valence-corrected chi connectivity index (χ1v) is 12.3. The summed E-state index contributed by atoms with van der Waals surface area (Å²) in [6.45, 7) is 2.35. The molecule has 1 aromatic carbocycles. The SMILES string of the molecule is Cc1c(F)ncnc1OC1CCN(C(CNC(=O)c2c(F)cccc2Cl)c2scnc2C(F)F)CC1. The molecule has 7 nitrogen and oxygen atoms in total. The molecule has 4 rings (SSSR count).